The number of rotatable bonds is 6. The summed E-state index contributed by atoms with van der Waals surface area (Å²) in [6.45, 7) is 3.34. The summed E-state index contributed by atoms with van der Waals surface area (Å²) in [5.74, 6) is 1.34. The number of ether oxygens (including phenoxy) is 1. The third-order valence-electron chi connectivity index (χ3n) is 3.71. The zero-order valence-electron chi connectivity index (χ0n) is 12.8. The van der Waals surface area contributed by atoms with Gasteiger partial charge < -0.3 is 15.4 Å². The average molecular weight is 288 g/mol. The molecule has 0 bridgehead atoms. The molecule has 0 aromatic heterocycles. The van der Waals surface area contributed by atoms with E-state index in [1.54, 1.807) is 7.11 Å². The van der Waals surface area contributed by atoms with Crippen LogP contribution in [0.1, 0.15) is 31.7 Å². The number of carbonyl (C=O) groups is 1. The summed E-state index contributed by atoms with van der Waals surface area (Å²) in [6, 6.07) is 5.89. The van der Waals surface area contributed by atoms with E-state index in [9.17, 15) is 4.79 Å². The maximum absolute atomic E-state index is 11.2. The van der Waals surface area contributed by atoms with Crippen LogP contribution in [0.4, 0.5) is 5.69 Å². The minimum absolute atomic E-state index is 0.0904. The number of allylic oxidation sites excluding steroid dienone is 2. The molecule has 1 aliphatic rings. The van der Waals surface area contributed by atoms with Crippen molar-refractivity contribution < 1.29 is 9.53 Å². The lowest BCUT2D eigenvalue weighted by Crippen LogP contribution is -2.23. The monoisotopic (exact) mass is 288 g/mol. The number of hydrogen-bond acceptors (Lipinski definition) is 3. The molecule has 1 atom stereocenters. The van der Waals surface area contributed by atoms with Gasteiger partial charge in [-0.25, -0.2) is 0 Å². The van der Waals surface area contributed by atoms with Gasteiger partial charge in [0, 0.05) is 13.5 Å². The lowest BCUT2D eigenvalue weighted by atomic mass is 9.94. The highest BCUT2D eigenvalue weighted by atomic mass is 16.5. The highest BCUT2D eigenvalue weighted by molar-refractivity contribution is 5.90. The molecule has 2 rings (SSSR count). The maximum Gasteiger partial charge on any atom is 0.221 e. The van der Waals surface area contributed by atoms with Gasteiger partial charge in [-0.1, -0.05) is 18.2 Å². The topological polar surface area (TPSA) is 50.4 Å². The molecular weight excluding hydrogens is 264 g/mol. The first-order valence-corrected chi connectivity index (χ1v) is 7.49. The summed E-state index contributed by atoms with van der Waals surface area (Å²) in [5, 5.41) is 6.31. The third kappa shape index (κ3) is 4.90. The second-order valence-electron chi connectivity index (χ2n) is 5.50. The largest absolute Gasteiger partial charge is 0.495 e. The van der Waals surface area contributed by atoms with Crippen molar-refractivity contribution >= 4 is 11.6 Å². The Kier molecular flexibility index (Phi) is 5.81. The van der Waals surface area contributed by atoms with E-state index >= 15 is 0 Å². The van der Waals surface area contributed by atoms with Crippen molar-refractivity contribution in [2.45, 2.75) is 32.7 Å². The summed E-state index contributed by atoms with van der Waals surface area (Å²) in [7, 11) is 1.61. The Morgan fingerprint density at radius 2 is 2.24 bits per heavy atom. The first-order chi connectivity index (χ1) is 10.2. The van der Waals surface area contributed by atoms with E-state index in [4.69, 9.17) is 4.74 Å². The Labute approximate surface area is 126 Å². The van der Waals surface area contributed by atoms with Gasteiger partial charge >= 0.3 is 0 Å². The van der Waals surface area contributed by atoms with Gasteiger partial charge in [0.15, 0.2) is 0 Å². The molecular formula is C17H24N2O2. The molecule has 114 valence electrons. The molecule has 2 N–H and O–H groups in total. The van der Waals surface area contributed by atoms with Crippen molar-refractivity contribution in [3.63, 3.8) is 0 Å². The van der Waals surface area contributed by atoms with Gasteiger partial charge in [0.25, 0.3) is 0 Å². The summed E-state index contributed by atoms with van der Waals surface area (Å²) < 4.78 is 5.26. The van der Waals surface area contributed by atoms with Gasteiger partial charge in [-0.3, -0.25) is 4.79 Å². The fraction of sp³-hybridized carbons (Fsp3) is 0.471. The number of amides is 1. The van der Waals surface area contributed by atoms with Crippen LogP contribution in [-0.4, -0.2) is 19.6 Å². The van der Waals surface area contributed by atoms with Crippen molar-refractivity contribution in [2.24, 2.45) is 5.92 Å². The number of nitrogens with one attached hydrogen (secondary N) is 2. The van der Waals surface area contributed by atoms with Crippen molar-refractivity contribution in [3.8, 4) is 5.75 Å². The van der Waals surface area contributed by atoms with Crippen molar-refractivity contribution in [3.05, 3.63) is 35.9 Å². The standard InChI is InChI=1S/C17H24N2O2/c1-13(20)19-16-10-15(8-9-17(16)21-2)12-18-11-14-6-4-3-5-7-14/h3-4,8-10,14,18H,5-7,11-12H2,1-2H3,(H,19,20)/t14-/m1/s1. The minimum Gasteiger partial charge on any atom is -0.495 e. The summed E-state index contributed by atoms with van der Waals surface area (Å²) in [5.41, 5.74) is 1.87. The molecule has 1 amide bonds. The molecule has 0 saturated heterocycles. The normalized spacial score (nSPS) is 17.5. The van der Waals surface area contributed by atoms with Gasteiger partial charge in [0.05, 0.1) is 12.8 Å². The summed E-state index contributed by atoms with van der Waals surface area (Å²) >= 11 is 0. The van der Waals surface area contributed by atoms with Crippen LogP contribution in [0.5, 0.6) is 5.75 Å². The molecule has 0 saturated carbocycles. The van der Waals surface area contributed by atoms with E-state index in [-0.39, 0.29) is 5.91 Å². The SMILES string of the molecule is COc1ccc(CNC[C@@H]2CC=CCC2)cc1NC(C)=O. The fourth-order valence-corrected chi connectivity index (χ4v) is 2.61. The molecule has 4 heteroatoms. The molecule has 0 heterocycles. The third-order valence-corrected chi connectivity index (χ3v) is 3.71. The predicted molar refractivity (Wildman–Crippen MR) is 85.5 cm³/mol. The quantitative estimate of drug-likeness (QED) is 0.791. The smallest absolute Gasteiger partial charge is 0.221 e. The van der Waals surface area contributed by atoms with Crippen LogP contribution < -0.4 is 15.4 Å². The molecule has 1 aromatic rings. The van der Waals surface area contributed by atoms with E-state index in [1.165, 1.54) is 26.2 Å². The van der Waals surface area contributed by atoms with E-state index in [1.807, 2.05) is 18.2 Å². The van der Waals surface area contributed by atoms with Gasteiger partial charge in [0.1, 0.15) is 5.75 Å². The molecule has 1 aliphatic carbocycles. The number of anilines is 1. The molecule has 21 heavy (non-hydrogen) atoms. The van der Waals surface area contributed by atoms with Gasteiger partial charge in [-0.15, -0.1) is 0 Å². The van der Waals surface area contributed by atoms with Crippen LogP contribution in [0, 0.1) is 5.92 Å². The predicted octanol–water partition coefficient (Wildman–Crippen LogP) is 3.10. The van der Waals surface area contributed by atoms with E-state index in [2.05, 4.69) is 22.8 Å². The molecule has 0 unspecified atom stereocenters. The highest BCUT2D eigenvalue weighted by Crippen LogP contribution is 2.25. The lowest BCUT2D eigenvalue weighted by molar-refractivity contribution is -0.114. The Balaban J connectivity index is 1.90. The zero-order chi connectivity index (χ0) is 15.1. The fourth-order valence-electron chi connectivity index (χ4n) is 2.61. The van der Waals surface area contributed by atoms with Crippen molar-refractivity contribution in [2.75, 3.05) is 19.0 Å². The minimum atomic E-state index is -0.0904. The Morgan fingerprint density at radius 3 is 2.90 bits per heavy atom. The lowest BCUT2D eigenvalue weighted by Gasteiger charge is -2.18. The van der Waals surface area contributed by atoms with Crippen LogP contribution in [-0.2, 0) is 11.3 Å². The van der Waals surface area contributed by atoms with E-state index < -0.39 is 0 Å². The second kappa shape index (κ2) is 7.84. The Bertz CT molecular complexity index is 512. The second-order valence-corrected chi connectivity index (χ2v) is 5.50. The van der Waals surface area contributed by atoms with Crippen molar-refractivity contribution in [1.29, 1.82) is 0 Å². The number of hydrogen-bond donors (Lipinski definition) is 2. The summed E-state index contributed by atoms with van der Waals surface area (Å²) in [6.07, 6.45) is 8.18. The van der Waals surface area contributed by atoms with Crippen LogP contribution >= 0.6 is 0 Å². The van der Waals surface area contributed by atoms with Gasteiger partial charge in [-0.05, 0) is 49.4 Å². The first-order valence-electron chi connectivity index (χ1n) is 7.49. The number of carbonyl (C=O) groups excluding carboxylic acids is 1. The van der Waals surface area contributed by atoms with Crippen LogP contribution in [0.2, 0.25) is 0 Å². The number of benzene rings is 1. The van der Waals surface area contributed by atoms with Gasteiger partial charge in [0.2, 0.25) is 5.91 Å². The molecule has 0 spiro atoms. The highest BCUT2D eigenvalue weighted by Gasteiger charge is 2.10. The van der Waals surface area contributed by atoms with Crippen molar-refractivity contribution in [1.82, 2.24) is 5.32 Å². The number of methoxy groups -OCH3 is 1. The average Bonchev–Trinajstić information content (AvgIpc) is 2.48. The zero-order valence-corrected chi connectivity index (χ0v) is 12.8. The molecule has 4 nitrogen and oxygen atoms in total. The van der Waals surface area contributed by atoms with Crippen LogP contribution in [0.15, 0.2) is 30.4 Å². The maximum atomic E-state index is 11.2. The Morgan fingerprint density at radius 1 is 1.38 bits per heavy atom. The Hall–Kier alpha value is -1.81. The van der Waals surface area contributed by atoms with Gasteiger partial charge in [-0.2, -0.15) is 0 Å². The van der Waals surface area contributed by atoms with Crippen LogP contribution in [0.25, 0.3) is 0 Å². The molecule has 0 fully saturated rings. The molecule has 0 aliphatic heterocycles. The first kappa shape index (κ1) is 15.6. The van der Waals surface area contributed by atoms with Crippen LogP contribution in [0.3, 0.4) is 0 Å². The summed E-state index contributed by atoms with van der Waals surface area (Å²) in [4.78, 5) is 11.2. The molecule has 1 aromatic carbocycles. The molecule has 0 radical (unpaired) electrons. The van der Waals surface area contributed by atoms with E-state index in [0.29, 0.717) is 5.75 Å². The van der Waals surface area contributed by atoms with E-state index in [0.717, 1.165) is 30.3 Å².